The van der Waals surface area contributed by atoms with Crippen LogP contribution in [0.1, 0.15) is 5.56 Å². The van der Waals surface area contributed by atoms with Crippen molar-refractivity contribution in [3.63, 3.8) is 0 Å². The van der Waals surface area contributed by atoms with Gasteiger partial charge in [-0.2, -0.15) is 13.2 Å². The first-order chi connectivity index (χ1) is 7.30. The van der Waals surface area contributed by atoms with Crippen LogP contribution in [0.3, 0.4) is 0 Å². The van der Waals surface area contributed by atoms with E-state index in [0.717, 1.165) is 0 Å². The summed E-state index contributed by atoms with van der Waals surface area (Å²) >= 11 is 3.02. The molecule has 86 valence electrons. The van der Waals surface area contributed by atoms with E-state index in [-0.39, 0.29) is 11.6 Å². The Hall–Kier alpha value is -1.30. The van der Waals surface area contributed by atoms with Crippen molar-refractivity contribution in [1.82, 2.24) is 0 Å². The Labute approximate surface area is 97.5 Å². The molecule has 0 aliphatic heterocycles. The summed E-state index contributed by atoms with van der Waals surface area (Å²) in [5, 5.41) is 8.39. The predicted octanol–water partition coefficient (Wildman–Crippen LogP) is 3.48. The van der Waals surface area contributed by atoms with Gasteiger partial charge in [0.05, 0.1) is 5.57 Å². The van der Waals surface area contributed by atoms with Crippen molar-refractivity contribution >= 4 is 27.5 Å². The van der Waals surface area contributed by atoms with Gasteiger partial charge in [-0.25, -0.2) is 4.79 Å². The maximum Gasteiger partial charge on any atom is 0.417 e. The molecule has 1 aromatic rings. The zero-order valence-electron chi connectivity index (χ0n) is 7.75. The number of aliphatic carboxylic acids is 1. The van der Waals surface area contributed by atoms with E-state index in [2.05, 4.69) is 15.9 Å². The summed E-state index contributed by atoms with van der Waals surface area (Å²) in [6.45, 7) is 0. The fourth-order valence-electron chi connectivity index (χ4n) is 1.11. The highest BCUT2D eigenvalue weighted by atomic mass is 79.9. The monoisotopic (exact) mass is 294 g/mol. The number of allylic oxidation sites excluding steroid dienone is 1. The summed E-state index contributed by atoms with van der Waals surface area (Å²) < 4.78 is 38.1. The molecule has 0 bridgehead atoms. The van der Waals surface area contributed by atoms with Crippen molar-refractivity contribution in [1.29, 1.82) is 0 Å². The molecule has 0 aromatic heterocycles. The average molecular weight is 295 g/mol. The number of carboxylic acid groups (broad SMARTS) is 1. The van der Waals surface area contributed by atoms with E-state index in [0.29, 0.717) is 4.47 Å². The molecule has 0 heterocycles. The summed E-state index contributed by atoms with van der Waals surface area (Å²) in [5.74, 6) is -1.63. The van der Waals surface area contributed by atoms with E-state index in [1.165, 1.54) is 18.2 Å². The first-order valence-electron chi connectivity index (χ1n) is 4.08. The minimum atomic E-state index is -4.70. The first kappa shape index (κ1) is 12.8. The summed E-state index contributed by atoms with van der Waals surface area (Å²) in [4.78, 5) is 10.3. The maximum atomic E-state index is 12.6. The Balaban J connectivity index is 3.28. The molecule has 1 aromatic carbocycles. The number of rotatable bonds is 2. The standard InChI is InChI=1S/C10H6BrF3O2/c11-7-3-1-2-6(4-7)8(5-9(15)16)10(12,13)14/h1-5H,(H,15,16)/b8-5+. The molecule has 0 spiro atoms. The van der Waals surface area contributed by atoms with E-state index in [1.807, 2.05) is 0 Å². The molecule has 0 saturated heterocycles. The lowest BCUT2D eigenvalue weighted by molar-refractivity contribution is -0.131. The second-order valence-corrected chi connectivity index (χ2v) is 3.82. The van der Waals surface area contributed by atoms with Crippen LogP contribution in [0.2, 0.25) is 0 Å². The van der Waals surface area contributed by atoms with Crippen molar-refractivity contribution in [2.75, 3.05) is 0 Å². The zero-order chi connectivity index (χ0) is 12.3. The van der Waals surface area contributed by atoms with Gasteiger partial charge in [0, 0.05) is 10.5 Å². The van der Waals surface area contributed by atoms with Gasteiger partial charge >= 0.3 is 12.1 Å². The Kier molecular flexibility index (Phi) is 3.74. The molecule has 0 amide bonds. The van der Waals surface area contributed by atoms with Gasteiger partial charge in [-0.1, -0.05) is 28.1 Å². The van der Waals surface area contributed by atoms with Gasteiger partial charge in [0.15, 0.2) is 0 Å². The largest absolute Gasteiger partial charge is 0.478 e. The molecule has 0 aliphatic carbocycles. The van der Waals surface area contributed by atoms with Crippen LogP contribution in [0, 0.1) is 0 Å². The highest BCUT2D eigenvalue weighted by Gasteiger charge is 2.35. The first-order valence-corrected chi connectivity index (χ1v) is 4.88. The lowest BCUT2D eigenvalue weighted by Crippen LogP contribution is -2.12. The molecule has 0 aliphatic rings. The van der Waals surface area contributed by atoms with E-state index < -0.39 is 17.7 Å². The average Bonchev–Trinajstić information content (AvgIpc) is 2.12. The van der Waals surface area contributed by atoms with Crippen molar-refractivity contribution in [2.24, 2.45) is 0 Å². The fraction of sp³-hybridized carbons (Fsp3) is 0.100. The highest BCUT2D eigenvalue weighted by molar-refractivity contribution is 9.10. The van der Waals surface area contributed by atoms with Gasteiger partial charge in [-0.05, 0) is 17.7 Å². The molecule has 16 heavy (non-hydrogen) atoms. The second-order valence-electron chi connectivity index (χ2n) is 2.90. The van der Waals surface area contributed by atoms with Gasteiger partial charge < -0.3 is 5.11 Å². The molecule has 2 nitrogen and oxygen atoms in total. The van der Waals surface area contributed by atoms with E-state index in [9.17, 15) is 18.0 Å². The van der Waals surface area contributed by atoms with Crippen LogP contribution < -0.4 is 0 Å². The number of halogens is 4. The Morgan fingerprint density at radius 3 is 2.44 bits per heavy atom. The lowest BCUT2D eigenvalue weighted by Gasteiger charge is -2.11. The molecule has 0 saturated carbocycles. The zero-order valence-corrected chi connectivity index (χ0v) is 9.34. The van der Waals surface area contributed by atoms with E-state index >= 15 is 0 Å². The Bertz CT molecular complexity index is 438. The highest BCUT2D eigenvalue weighted by Crippen LogP contribution is 2.34. The van der Waals surface area contributed by atoms with Gasteiger partial charge in [-0.3, -0.25) is 0 Å². The van der Waals surface area contributed by atoms with Crippen LogP contribution in [0.4, 0.5) is 13.2 Å². The molecule has 0 unspecified atom stereocenters. The molecule has 0 atom stereocenters. The molecule has 6 heteroatoms. The number of hydrogen-bond donors (Lipinski definition) is 1. The minimum Gasteiger partial charge on any atom is -0.478 e. The number of alkyl halides is 3. The topological polar surface area (TPSA) is 37.3 Å². The molecule has 0 radical (unpaired) electrons. The Morgan fingerprint density at radius 2 is 2.00 bits per heavy atom. The van der Waals surface area contributed by atoms with Crippen LogP contribution in [0.15, 0.2) is 34.8 Å². The lowest BCUT2D eigenvalue weighted by atomic mass is 10.1. The van der Waals surface area contributed by atoms with Gasteiger partial charge in [-0.15, -0.1) is 0 Å². The summed E-state index contributed by atoms with van der Waals surface area (Å²) in [6, 6.07) is 5.37. The normalized spacial score (nSPS) is 12.6. The predicted molar refractivity (Wildman–Crippen MR) is 55.8 cm³/mol. The molecule has 0 fully saturated rings. The molecular weight excluding hydrogens is 289 g/mol. The van der Waals surface area contributed by atoms with Crippen molar-refractivity contribution in [3.8, 4) is 0 Å². The Morgan fingerprint density at radius 1 is 1.38 bits per heavy atom. The van der Waals surface area contributed by atoms with E-state index in [4.69, 9.17) is 5.11 Å². The van der Waals surface area contributed by atoms with Crippen molar-refractivity contribution in [2.45, 2.75) is 6.18 Å². The summed E-state index contributed by atoms with van der Waals surface area (Å²) in [6.07, 6.45) is -4.54. The third kappa shape index (κ3) is 3.37. The number of carboxylic acids is 1. The summed E-state index contributed by atoms with van der Waals surface area (Å²) in [5.41, 5.74) is -1.37. The number of benzene rings is 1. The fourth-order valence-corrected chi connectivity index (χ4v) is 1.51. The third-order valence-corrected chi connectivity index (χ3v) is 2.20. The third-order valence-electron chi connectivity index (χ3n) is 1.71. The van der Waals surface area contributed by atoms with Crippen LogP contribution in [-0.4, -0.2) is 17.3 Å². The minimum absolute atomic E-state index is 0.155. The van der Waals surface area contributed by atoms with Crippen LogP contribution >= 0.6 is 15.9 Å². The van der Waals surface area contributed by atoms with Crippen LogP contribution in [-0.2, 0) is 4.79 Å². The molecular formula is C10H6BrF3O2. The molecule has 1 N–H and O–H groups in total. The number of hydrogen-bond acceptors (Lipinski definition) is 1. The smallest absolute Gasteiger partial charge is 0.417 e. The van der Waals surface area contributed by atoms with Gasteiger partial charge in [0.1, 0.15) is 0 Å². The van der Waals surface area contributed by atoms with Crippen LogP contribution in [0.25, 0.3) is 5.57 Å². The number of carbonyl (C=O) groups is 1. The SMILES string of the molecule is O=C(O)/C=C(\c1cccc(Br)c1)C(F)(F)F. The van der Waals surface area contributed by atoms with Crippen molar-refractivity contribution in [3.05, 3.63) is 40.4 Å². The molecule has 1 rings (SSSR count). The van der Waals surface area contributed by atoms with E-state index in [1.54, 1.807) is 6.07 Å². The van der Waals surface area contributed by atoms with Gasteiger partial charge in [0.25, 0.3) is 0 Å². The second kappa shape index (κ2) is 4.69. The van der Waals surface area contributed by atoms with Gasteiger partial charge in [0.2, 0.25) is 0 Å². The van der Waals surface area contributed by atoms with Crippen LogP contribution in [0.5, 0.6) is 0 Å². The quantitative estimate of drug-likeness (QED) is 0.848. The maximum absolute atomic E-state index is 12.6. The van der Waals surface area contributed by atoms with Crippen molar-refractivity contribution < 1.29 is 23.1 Å². The summed E-state index contributed by atoms with van der Waals surface area (Å²) in [7, 11) is 0.